The first-order chi connectivity index (χ1) is 11.7. The molecule has 0 saturated carbocycles. The van der Waals surface area contributed by atoms with E-state index >= 15 is 0 Å². The molecule has 1 atom stereocenters. The molecular weight excluding hydrogens is 324 g/mol. The molecule has 25 heavy (non-hydrogen) atoms. The Kier molecular flexibility index (Phi) is 6.10. The zero-order chi connectivity index (χ0) is 18.7. The molecule has 0 saturated heterocycles. The van der Waals surface area contributed by atoms with E-state index < -0.39 is 8.32 Å². The molecule has 1 aromatic rings. The van der Waals surface area contributed by atoms with E-state index in [4.69, 9.17) is 4.43 Å². The third-order valence-corrected chi connectivity index (χ3v) is 9.95. The molecule has 0 amide bonds. The molecule has 0 radical (unpaired) electrons. The fourth-order valence-corrected chi connectivity index (χ4v) is 4.18. The van der Waals surface area contributed by atoms with Crippen LogP contribution < -0.4 is 0 Å². The van der Waals surface area contributed by atoms with Crippen molar-refractivity contribution in [3.8, 4) is 0 Å². The fraction of sp³-hybridized carbons (Fsp3) is 0.500. The van der Waals surface area contributed by atoms with E-state index in [0.29, 0.717) is 6.42 Å². The Hall–Kier alpha value is -1.61. The molecule has 0 aromatic heterocycles. The summed E-state index contributed by atoms with van der Waals surface area (Å²) in [7, 11) is -1.92. The van der Waals surface area contributed by atoms with E-state index in [1.807, 2.05) is 36.4 Å². The summed E-state index contributed by atoms with van der Waals surface area (Å²) in [5, 5.41) is 0.149. The van der Waals surface area contributed by atoms with Crippen molar-refractivity contribution in [2.75, 3.05) is 0 Å². The van der Waals surface area contributed by atoms with Crippen LogP contribution >= 0.6 is 0 Å². The van der Waals surface area contributed by atoms with Crippen LogP contribution in [-0.2, 0) is 4.43 Å². The minimum atomic E-state index is -1.92. The minimum absolute atomic E-state index is 0.149. The number of Topliss-reactive ketones (excluding diaryl/α,β-unsaturated/α-hetero) is 1. The van der Waals surface area contributed by atoms with Crippen molar-refractivity contribution in [1.29, 1.82) is 0 Å². The molecule has 0 aliphatic heterocycles. The normalized spacial score (nSPS) is 18.4. The van der Waals surface area contributed by atoms with Crippen LogP contribution in [0.15, 0.2) is 54.3 Å². The van der Waals surface area contributed by atoms with Gasteiger partial charge in [-0.25, -0.2) is 0 Å². The van der Waals surface area contributed by atoms with Gasteiger partial charge in [-0.1, -0.05) is 57.2 Å². The first-order valence-electron chi connectivity index (χ1n) is 9.26. The fourth-order valence-electron chi connectivity index (χ4n) is 3.01. The first-order valence-corrected chi connectivity index (χ1v) is 12.2. The number of hydrogen-bond acceptors (Lipinski definition) is 2. The maximum absolute atomic E-state index is 12.7. The second-order valence-electron chi connectivity index (χ2n) is 8.55. The van der Waals surface area contributed by atoms with Crippen LogP contribution in [0.3, 0.4) is 0 Å². The van der Waals surface area contributed by atoms with Gasteiger partial charge in [0.25, 0.3) is 0 Å². The largest absolute Gasteiger partial charge is 0.546 e. The summed E-state index contributed by atoms with van der Waals surface area (Å²) < 4.78 is 6.70. The Bertz CT molecular complexity index is 650. The molecule has 0 heterocycles. The Morgan fingerprint density at radius 3 is 2.48 bits per heavy atom. The molecule has 1 aliphatic carbocycles. The Labute approximate surface area is 154 Å². The smallest absolute Gasteiger partial charge is 0.250 e. The van der Waals surface area contributed by atoms with E-state index in [1.165, 1.54) is 5.57 Å². The maximum atomic E-state index is 12.7. The summed E-state index contributed by atoms with van der Waals surface area (Å²) in [4.78, 5) is 12.7. The van der Waals surface area contributed by atoms with Gasteiger partial charge in [0.2, 0.25) is 8.32 Å². The van der Waals surface area contributed by atoms with Crippen molar-refractivity contribution in [1.82, 2.24) is 0 Å². The average Bonchev–Trinajstić information content (AvgIpc) is 2.89. The van der Waals surface area contributed by atoms with Gasteiger partial charge in [-0.15, -0.1) is 6.58 Å². The minimum Gasteiger partial charge on any atom is -0.546 e. The lowest BCUT2D eigenvalue weighted by molar-refractivity contribution is 0.0959. The van der Waals surface area contributed by atoms with Gasteiger partial charge in [-0.3, -0.25) is 4.79 Å². The van der Waals surface area contributed by atoms with Crippen LogP contribution in [0.4, 0.5) is 0 Å². The number of carbonyl (C=O) groups is 1. The second-order valence-corrected chi connectivity index (χ2v) is 13.3. The van der Waals surface area contributed by atoms with Crippen molar-refractivity contribution < 1.29 is 9.22 Å². The number of hydrogen-bond donors (Lipinski definition) is 0. The number of rotatable bonds is 7. The second kappa shape index (κ2) is 7.73. The van der Waals surface area contributed by atoms with Crippen LogP contribution in [0, 0.1) is 5.92 Å². The monoisotopic (exact) mass is 356 g/mol. The lowest BCUT2D eigenvalue weighted by atomic mass is 9.97. The Morgan fingerprint density at radius 1 is 1.28 bits per heavy atom. The van der Waals surface area contributed by atoms with E-state index in [-0.39, 0.29) is 16.7 Å². The molecule has 2 nitrogen and oxygen atoms in total. The molecule has 1 aliphatic rings. The zero-order valence-electron chi connectivity index (χ0n) is 16.4. The summed E-state index contributed by atoms with van der Waals surface area (Å²) in [6, 6.07) is 9.60. The Morgan fingerprint density at radius 2 is 1.92 bits per heavy atom. The van der Waals surface area contributed by atoms with Gasteiger partial charge in [-0.2, -0.15) is 0 Å². The van der Waals surface area contributed by atoms with Crippen LogP contribution in [0.5, 0.6) is 0 Å². The van der Waals surface area contributed by atoms with Crippen molar-refractivity contribution in [2.45, 2.75) is 64.6 Å². The molecule has 1 aromatic carbocycles. The van der Waals surface area contributed by atoms with E-state index in [9.17, 15) is 4.79 Å². The molecule has 2 rings (SSSR count). The predicted octanol–water partition coefficient (Wildman–Crippen LogP) is 6.52. The molecule has 1 unspecified atom stereocenters. The highest BCUT2D eigenvalue weighted by molar-refractivity contribution is 6.74. The lowest BCUT2D eigenvalue weighted by Crippen LogP contribution is -2.41. The molecular formula is C22H32O2Si. The van der Waals surface area contributed by atoms with Gasteiger partial charge in [0.15, 0.2) is 5.78 Å². The number of carbonyl (C=O) groups excluding carboxylic acids is 1. The molecule has 0 spiro atoms. The zero-order valence-corrected chi connectivity index (χ0v) is 17.4. The van der Waals surface area contributed by atoms with Gasteiger partial charge in [-0.05, 0) is 43.0 Å². The topological polar surface area (TPSA) is 26.3 Å². The third kappa shape index (κ3) is 4.72. The first kappa shape index (κ1) is 19.7. The molecule has 3 heteroatoms. The van der Waals surface area contributed by atoms with E-state index in [0.717, 1.165) is 30.6 Å². The van der Waals surface area contributed by atoms with Crippen molar-refractivity contribution >= 4 is 14.1 Å². The molecule has 0 bridgehead atoms. The van der Waals surface area contributed by atoms with Crippen LogP contribution in [0.2, 0.25) is 18.1 Å². The third-order valence-electron chi connectivity index (χ3n) is 5.60. The van der Waals surface area contributed by atoms with Gasteiger partial charge >= 0.3 is 0 Å². The quantitative estimate of drug-likeness (QED) is 0.316. The number of ketones is 1. The van der Waals surface area contributed by atoms with Crippen molar-refractivity contribution in [3.05, 3.63) is 59.9 Å². The summed E-state index contributed by atoms with van der Waals surface area (Å²) >= 11 is 0. The highest BCUT2D eigenvalue weighted by atomic mass is 28.4. The summed E-state index contributed by atoms with van der Waals surface area (Å²) in [6.45, 7) is 15.2. The van der Waals surface area contributed by atoms with Gasteiger partial charge in [0, 0.05) is 17.9 Å². The standard InChI is InChI=1S/C22H32O2Si/c1-7-11-18-14-15-19(16-20(23)17-12-9-8-10-13-17)21(18)24-25(5,6)22(2,3)4/h7-10,12-13,19H,1,11,14-16H2,2-6H3. The van der Waals surface area contributed by atoms with Crippen LogP contribution in [0.1, 0.15) is 56.8 Å². The highest BCUT2D eigenvalue weighted by Crippen LogP contribution is 2.44. The molecule has 0 N–H and O–H groups in total. The Balaban J connectivity index is 2.22. The molecule has 0 fully saturated rings. The maximum Gasteiger partial charge on any atom is 0.250 e. The average molecular weight is 357 g/mol. The van der Waals surface area contributed by atoms with Gasteiger partial charge in [0.05, 0.1) is 5.76 Å². The summed E-state index contributed by atoms with van der Waals surface area (Å²) in [5.74, 6) is 1.51. The number of allylic oxidation sites excluding steroid dienone is 3. The predicted molar refractivity (Wildman–Crippen MR) is 108 cm³/mol. The summed E-state index contributed by atoms with van der Waals surface area (Å²) in [6.07, 6.45) is 5.37. The van der Waals surface area contributed by atoms with E-state index in [1.54, 1.807) is 0 Å². The van der Waals surface area contributed by atoms with Crippen LogP contribution in [0.25, 0.3) is 0 Å². The van der Waals surface area contributed by atoms with E-state index in [2.05, 4.69) is 40.4 Å². The number of benzene rings is 1. The lowest BCUT2D eigenvalue weighted by Gasteiger charge is -2.38. The van der Waals surface area contributed by atoms with Gasteiger partial charge < -0.3 is 4.43 Å². The SMILES string of the molecule is C=CCC1=C(O[Si](C)(C)C(C)(C)C)C(CC(=O)c2ccccc2)CC1. The highest BCUT2D eigenvalue weighted by Gasteiger charge is 2.42. The summed E-state index contributed by atoms with van der Waals surface area (Å²) in [5.41, 5.74) is 2.14. The van der Waals surface area contributed by atoms with Crippen molar-refractivity contribution in [3.63, 3.8) is 0 Å². The molecule has 136 valence electrons. The van der Waals surface area contributed by atoms with Crippen molar-refractivity contribution in [2.24, 2.45) is 5.92 Å². The van der Waals surface area contributed by atoms with Gasteiger partial charge in [0.1, 0.15) is 0 Å². The van der Waals surface area contributed by atoms with Crippen LogP contribution in [-0.4, -0.2) is 14.1 Å².